The standard InChI is InChI=1S/C11H22N2O2/c1-11(2,12)6-3-10(15)13-7-4-9(14)5-8-13/h9,14H,3-8,12H2,1-2H3. The van der Waals surface area contributed by atoms with Crippen molar-refractivity contribution < 1.29 is 9.90 Å². The van der Waals surface area contributed by atoms with E-state index in [-0.39, 0.29) is 17.6 Å². The molecule has 1 rings (SSSR count). The summed E-state index contributed by atoms with van der Waals surface area (Å²) in [6.45, 7) is 5.23. The summed E-state index contributed by atoms with van der Waals surface area (Å²) in [6, 6.07) is 0. The summed E-state index contributed by atoms with van der Waals surface area (Å²) in [7, 11) is 0. The zero-order valence-electron chi connectivity index (χ0n) is 9.70. The van der Waals surface area contributed by atoms with E-state index in [2.05, 4.69) is 0 Å². The van der Waals surface area contributed by atoms with E-state index in [1.807, 2.05) is 18.7 Å². The molecule has 15 heavy (non-hydrogen) atoms. The molecule has 0 aromatic rings. The van der Waals surface area contributed by atoms with Gasteiger partial charge >= 0.3 is 0 Å². The Morgan fingerprint density at radius 3 is 2.47 bits per heavy atom. The molecule has 88 valence electrons. The minimum atomic E-state index is -0.273. The summed E-state index contributed by atoms with van der Waals surface area (Å²) in [5.74, 6) is 0.167. The Balaban J connectivity index is 2.29. The highest BCUT2D eigenvalue weighted by molar-refractivity contribution is 5.76. The van der Waals surface area contributed by atoms with Gasteiger partial charge in [-0.2, -0.15) is 0 Å². The first kappa shape index (κ1) is 12.5. The van der Waals surface area contributed by atoms with Crippen LogP contribution in [0.15, 0.2) is 0 Å². The molecule has 3 N–H and O–H groups in total. The van der Waals surface area contributed by atoms with Crippen molar-refractivity contribution in [2.75, 3.05) is 13.1 Å². The van der Waals surface area contributed by atoms with Gasteiger partial charge in [-0.15, -0.1) is 0 Å². The highest BCUT2D eigenvalue weighted by Crippen LogP contribution is 2.14. The van der Waals surface area contributed by atoms with Crippen LogP contribution in [-0.2, 0) is 4.79 Å². The third-order valence-corrected chi connectivity index (χ3v) is 2.80. The number of carbonyl (C=O) groups excluding carboxylic acids is 1. The zero-order chi connectivity index (χ0) is 11.5. The summed E-state index contributed by atoms with van der Waals surface area (Å²) in [5, 5.41) is 9.31. The molecule has 0 aliphatic carbocycles. The van der Waals surface area contributed by atoms with E-state index < -0.39 is 0 Å². The van der Waals surface area contributed by atoms with Crippen LogP contribution in [0.1, 0.15) is 39.5 Å². The molecule has 4 heteroatoms. The second-order valence-corrected chi connectivity index (χ2v) is 5.10. The Morgan fingerprint density at radius 1 is 1.47 bits per heavy atom. The van der Waals surface area contributed by atoms with Crippen LogP contribution in [-0.4, -0.2) is 40.6 Å². The van der Waals surface area contributed by atoms with E-state index >= 15 is 0 Å². The van der Waals surface area contributed by atoms with Crippen molar-refractivity contribution in [3.63, 3.8) is 0 Å². The summed E-state index contributed by atoms with van der Waals surface area (Å²) < 4.78 is 0. The summed E-state index contributed by atoms with van der Waals surface area (Å²) in [6.07, 6.45) is 2.42. The van der Waals surface area contributed by atoms with E-state index in [0.717, 1.165) is 0 Å². The number of aliphatic hydroxyl groups is 1. The first-order valence-corrected chi connectivity index (χ1v) is 5.63. The average Bonchev–Trinajstić information content (AvgIpc) is 2.14. The monoisotopic (exact) mass is 214 g/mol. The van der Waals surface area contributed by atoms with Crippen LogP contribution < -0.4 is 5.73 Å². The molecule has 0 spiro atoms. The van der Waals surface area contributed by atoms with Gasteiger partial charge in [-0.3, -0.25) is 4.79 Å². The SMILES string of the molecule is CC(C)(N)CCC(=O)N1CCC(O)CC1. The summed E-state index contributed by atoms with van der Waals surface area (Å²) in [4.78, 5) is 13.6. The van der Waals surface area contributed by atoms with Crippen LogP contribution >= 0.6 is 0 Å². The molecule has 1 aliphatic heterocycles. The maximum absolute atomic E-state index is 11.7. The lowest BCUT2D eigenvalue weighted by Crippen LogP contribution is -2.41. The van der Waals surface area contributed by atoms with Crippen molar-refractivity contribution in [2.24, 2.45) is 5.73 Å². The Kier molecular flexibility index (Phi) is 4.11. The van der Waals surface area contributed by atoms with E-state index in [4.69, 9.17) is 5.73 Å². The van der Waals surface area contributed by atoms with Crippen LogP contribution in [0.25, 0.3) is 0 Å². The Morgan fingerprint density at radius 2 is 2.00 bits per heavy atom. The highest BCUT2D eigenvalue weighted by Gasteiger charge is 2.22. The number of rotatable bonds is 3. The summed E-state index contributed by atoms with van der Waals surface area (Å²) >= 11 is 0. The van der Waals surface area contributed by atoms with Crippen molar-refractivity contribution in [2.45, 2.75) is 51.2 Å². The molecule has 0 radical (unpaired) electrons. The van der Waals surface area contributed by atoms with Crippen LogP contribution in [0.5, 0.6) is 0 Å². The van der Waals surface area contributed by atoms with Crippen molar-refractivity contribution in [3.8, 4) is 0 Å². The number of piperidine rings is 1. The molecule has 0 aromatic carbocycles. The third-order valence-electron chi connectivity index (χ3n) is 2.80. The quantitative estimate of drug-likeness (QED) is 0.718. The molecule has 0 saturated carbocycles. The maximum atomic E-state index is 11.7. The Bertz CT molecular complexity index is 215. The molecule has 0 atom stereocenters. The minimum absolute atomic E-state index is 0.167. The molecule has 0 bridgehead atoms. The lowest BCUT2D eigenvalue weighted by molar-refractivity contribution is -0.133. The predicted molar refractivity (Wildman–Crippen MR) is 59.3 cm³/mol. The summed E-state index contributed by atoms with van der Waals surface area (Å²) in [5.41, 5.74) is 5.55. The van der Waals surface area contributed by atoms with Crippen LogP contribution in [0, 0.1) is 0 Å². The number of aliphatic hydroxyl groups excluding tert-OH is 1. The number of nitrogens with two attached hydrogens (primary N) is 1. The second-order valence-electron chi connectivity index (χ2n) is 5.10. The number of hydrogen-bond acceptors (Lipinski definition) is 3. The van der Waals surface area contributed by atoms with Crippen LogP contribution in [0.4, 0.5) is 0 Å². The van der Waals surface area contributed by atoms with Gasteiger partial charge in [-0.05, 0) is 33.1 Å². The minimum Gasteiger partial charge on any atom is -0.393 e. The van der Waals surface area contributed by atoms with Gasteiger partial charge in [-0.25, -0.2) is 0 Å². The molecule has 1 fully saturated rings. The molecule has 1 heterocycles. The van der Waals surface area contributed by atoms with Crippen LogP contribution in [0.3, 0.4) is 0 Å². The molecule has 1 saturated heterocycles. The Labute approximate surface area is 91.4 Å². The van der Waals surface area contributed by atoms with E-state index in [1.165, 1.54) is 0 Å². The lowest BCUT2D eigenvalue weighted by atomic mass is 9.99. The molecule has 0 unspecified atom stereocenters. The molecule has 1 aliphatic rings. The van der Waals surface area contributed by atoms with Gasteiger partial charge in [0.15, 0.2) is 0 Å². The number of likely N-dealkylation sites (tertiary alicyclic amines) is 1. The van der Waals surface area contributed by atoms with Gasteiger partial charge in [0.25, 0.3) is 0 Å². The van der Waals surface area contributed by atoms with Crippen molar-refractivity contribution in [1.82, 2.24) is 4.90 Å². The van der Waals surface area contributed by atoms with Gasteiger partial charge in [0, 0.05) is 25.0 Å². The number of carbonyl (C=O) groups is 1. The van der Waals surface area contributed by atoms with E-state index in [9.17, 15) is 9.90 Å². The van der Waals surface area contributed by atoms with E-state index in [0.29, 0.717) is 38.8 Å². The van der Waals surface area contributed by atoms with Gasteiger partial charge < -0.3 is 15.7 Å². The van der Waals surface area contributed by atoms with E-state index in [1.54, 1.807) is 0 Å². The lowest BCUT2D eigenvalue weighted by Gasteiger charge is -2.30. The fourth-order valence-electron chi connectivity index (χ4n) is 1.70. The van der Waals surface area contributed by atoms with Crippen LogP contribution in [0.2, 0.25) is 0 Å². The maximum Gasteiger partial charge on any atom is 0.222 e. The largest absolute Gasteiger partial charge is 0.393 e. The van der Waals surface area contributed by atoms with Crippen molar-refractivity contribution in [1.29, 1.82) is 0 Å². The van der Waals surface area contributed by atoms with Gasteiger partial charge in [0.2, 0.25) is 5.91 Å². The molecule has 1 amide bonds. The zero-order valence-corrected chi connectivity index (χ0v) is 9.70. The first-order valence-electron chi connectivity index (χ1n) is 5.63. The number of hydrogen-bond donors (Lipinski definition) is 2. The number of amides is 1. The normalized spacial score (nSPS) is 19.3. The smallest absolute Gasteiger partial charge is 0.222 e. The molecule has 0 aromatic heterocycles. The van der Waals surface area contributed by atoms with Crippen molar-refractivity contribution in [3.05, 3.63) is 0 Å². The predicted octanol–water partition coefficient (Wildman–Crippen LogP) is 0.487. The first-order chi connectivity index (χ1) is 6.88. The fourth-order valence-corrected chi connectivity index (χ4v) is 1.70. The second kappa shape index (κ2) is 4.94. The topological polar surface area (TPSA) is 66.6 Å². The van der Waals surface area contributed by atoms with Gasteiger partial charge in [-0.1, -0.05) is 0 Å². The van der Waals surface area contributed by atoms with Gasteiger partial charge in [0.1, 0.15) is 0 Å². The molecular weight excluding hydrogens is 192 g/mol. The van der Waals surface area contributed by atoms with Gasteiger partial charge in [0.05, 0.1) is 6.10 Å². The fraction of sp³-hybridized carbons (Fsp3) is 0.909. The number of nitrogens with zero attached hydrogens (tertiary/aromatic N) is 1. The van der Waals surface area contributed by atoms with Crippen molar-refractivity contribution >= 4 is 5.91 Å². The molecule has 4 nitrogen and oxygen atoms in total. The Hall–Kier alpha value is -0.610. The molecular formula is C11H22N2O2. The highest BCUT2D eigenvalue weighted by atomic mass is 16.3. The average molecular weight is 214 g/mol. The third kappa shape index (κ3) is 4.62.